The first kappa shape index (κ1) is 20.1. The van der Waals surface area contributed by atoms with E-state index in [-0.39, 0.29) is 29.8 Å². The second kappa shape index (κ2) is 8.23. The average Bonchev–Trinajstić information content (AvgIpc) is 2.41. The number of guanidine groups is 1. The molecule has 1 unspecified atom stereocenters. The van der Waals surface area contributed by atoms with Crippen molar-refractivity contribution >= 4 is 5.96 Å². The van der Waals surface area contributed by atoms with Crippen molar-refractivity contribution in [3.63, 3.8) is 0 Å². The van der Waals surface area contributed by atoms with Gasteiger partial charge in [-0.15, -0.1) is 13.2 Å². The summed E-state index contributed by atoms with van der Waals surface area (Å²) < 4.78 is 40.2. The molecule has 0 saturated carbocycles. The molecule has 0 heterocycles. The molecule has 1 aromatic carbocycles. The first-order valence-corrected chi connectivity index (χ1v) is 7.52. The zero-order chi connectivity index (χ0) is 18.4. The number of ether oxygens (including phenoxy) is 1. The highest BCUT2D eigenvalue weighted by Crippen LogP contribution is 2.23. The summed E-state index contributed by atoms with van der Waals surface area (Å²) in [7, 11) is 0. The number of aliphatic hydroxyl groups excluding tert-OH is 1. The Hall–Kier alpha value is -1.96. The number of halogens is 3. The van der Waals surface area contributed by atoms with Crippen molar-refractivity contribution in [1.82, 2.24) is 5.32 Å². The molecule has 24 heavy (non-hydrogen) atoms. The van der Waals surface area contributed by atoms with Gasteiger partial charge in [0.15, 0.2) is 5.96 Å². The van der Waals surface area contributed by atoms with Crippen LogP contribution in [0.4, 0.5) is 13.2 Å². The summed E-state index contributed by atoms with van der Waals surface area (Å²) in [6, 6.07) is 5.56. The van der Waals surface area contributed by atoms with E-state index in [9.17, 15) is 18.3 Å². The Morgan fingerprint density at radius 3 is 2.29 bits per heavy atom. The van der Waals surface area contributed by atoms with Crippen molar-refractivity contribution in [3.8, 4) is 5.75 Å². The molecule has 0 radical (unpaired) electrons. The van der Waals surface area contributed by atoms with Crippen LogP contribution in [0.2, 0.25) is 0 Å². The van der Waals surface area contributed by atoms with E-state index >= 15 is 0 Å². The Balaban J connectivity index is 2.60. The summed E-state index contributed by atoms with van der Waals surface area (Å²) in [6.07, 6.45) is -4.24. The standard InChI is InChI=1S/C16H24F3N3O2/c1-15(2,3)22-14(20)21-9-12(10-23)8-11-4-6-13(7-5-11)24-16(17,18)19/h4-7,12,23H,8-10H2,1-3H3,(H3,20,21,22). The fourth-order valence-electron chi connectivity index (χ4n) is 2.00. The summed E-state index contributed by atoms with van der Waals surface area (Å²) in [5, 5.41) is 12.5. The molecular formula is C16H24F3N3O2. The first-order valence-electron chi connectivity index (χ1n) is 7.52. The van der Waals surface area contributed by atoms with Gasteiger partial charge in [-0.1, -0.05) is 12.1 Å². The summed E-state index contributed by atoms with van der Waals surface area (Å²) in [6.45, 7) is 6.05. The Kier molecular flexibility index (Phi) is 6.89. The zero-order valence-corrected chi connectivity index (χ0v) is 14.0. The Morgan fingerprint density at radius 1 is 1.25 bits per heavy atom. The third kappa shape index (κ3) is 8.61. The van der Waals surface area contributed by atoms with Crippen LogP contribution in [0, 0.1) is 5.92 Å². The maximum atomic E-state index is 12.1. The van der Waals surface area contributed by atoms with E-state index in [0.717, 1.165) is 5.56 Å². The minimum atomic E-state index is -4.71. The van der Waals surface area contributed by atoms with Gasteiger partial charge in [-0.25, -0.2) is 0 Å². The van der Waals surface area contributed by atoms with Gasteiger partial charge in [-0.05, 0) is 44.9 Å². The molecule has 0 spiro atoms. The number of benzene rings is 1. The maximum absolute atomic E-state index is 12.1. The van der Waals surface area contributed by atoms with Crippen molar-refractivity contribution < 1.29 is 23.0 Å². The number of aliphatic hydroxyl groups is 1. The molecule has 136 valence electrons. The lowest BCUT2D eigenvalue weighted by Crippen LogP contribution is -2.45. The van der Waals surface area contributed by atoms with Gasteiger partial charge in [0, 0.05) is 24.6 Å². The molecule has 4 N–H and O–H groups in total. The minimum absolute atomic E-state index is 0.104. The summed E-state index contributed by atoms with van der Waals surface area (Å²) >= 11 is 0. The normalized spacial score (nSPS) is 14.4. The number of alkyl halides is 3. The molecule has 8 heteroatoms. The topological polar surface area (TPSA) is 79.9 Å². The third-order valence-electron chi connectivity index (χ3n) is 2.96. The molecule has 0 aromatic heterocycles. The highest BCUT2D eigenvalue weighted by molar-refractivity contribution is 5.78. The van der Waals surface area contributed by atoms with Crippen LogP contribution in [0.1, 0.15) is 26.3 Å². The van der Waals surface area contributed by atoms with Crippen molar-refractivity contribution in [2.45, 2.75) is 39.1 Å². The highest BCUT2D eigenvalue weighted by atomic mass is 19.4. The number of nitrogens with two attached hydrogens (primary N) is 1. The SMILES string of the molecule is CC(C)(C)NC(N)=NCC(CO)Cc1ccc(OC(F)(F)F)cc1. The van der Waals surface area contributed by atoms with Crippen LogP contribution in [0.3, 0.4) is 0 Å². The van der Waals surface area contributed by atoms with E-state index in [0.29, 0.717) is 13.0 Å². The highest BCUT2D eigenvalue weighted by Gasteiger charge is 2.30. The number of hydrogen-bond acceptors (Lipinski definition) is 3. The monoisotopic (exact) mass is 347 g/mol. The van der Waals surface area contributed by atoms with Crippen LogP contribution in [-0.2, 0) is 6.42 Å². The quantitative estimate of drug-likeness (QED) is 0.545. The van der Waals surface area contributed by atoms with Gasteiger partial charge in [0.1, 0.15) is 5.75 Å². The summed E-state index contributed by atoms with van der Waals surface area (Å²) in [5.74, 6) is -0.169. The molecule has 0 aliphatic rings. The van der Waals surface area contributed by atoms with Crippen LogP contribution >= 0.6 is 0 Å². The van der Waals surface area contributed by atoms with E-state index in [1.165, 1.54) is 24.3 Å². The van der Waals surface area contributed by atoms with Gasteiger partial charge in [0.25, 0.3) is 0 Å². The number of nitrogens with one attached hydrogen (secondary N) is 1. The second-order valence-electron chi connectivity index (χ2n) is 6.55. The third-order valence-corrected chi connectivity index (χ3v) is 2.96. The molecule has 1 rings (SSSR count). The smallest absolute Gasteiger partial charge is 0.406 e. The van der Waals surface area contributed by atoms with Gasteiger partial charge >= 0.3 is 6.36 Å². The molecular weight excluding hydrogens is 323 g/mol. The predicted molar refractivity (Wildman–Crippen MR) is 86.8 cm³/mol. The van der Waals surface area contributed by atoms with E-state index in [1.54, 1.807) is 0 Å². The van der Waals surface area contributed by atoms with Crippen molar-refractivity contribution in [3.05, 3.63) is 29.8 Å². The van der Waals surface area contributed by atoms with Crippen LogP contribution < -0.4 is 15.8 Å². The van der Waals surface area contributed by atoms with Crippen LogP contribution in [0.5, 0.6) is 5.75 Å². The zero-order valence-electron chi connectivity index (χ0n) is 14.0. The molecule has 5 nitrogen and oxygen atoms in total. The maximum Gasteiger partial charge on any atom is 0.573 e. The summed E-state index contributed by atoms with van der Waals surface area (Å²) in [4.78, 5) is 4.19. The average molecular weight is 347 g/mol. The van der Waals surface area contributed by atoms with Crippen molar-refractivity contribution in [2.24, 2.45) is 16.6 Å². The van der Waals surface area contributed by atoms with Crippen LogP contribution in [0.15, 0.2) is 29.3 Å². The largest absolute Gasteiger partial charge is 0.573 e. The molecule has 1 aromatic rings. The number of hydrogen-bond donors (Lipinski definition) is 3. The Labute approximate surface area is 139 Å². The van der Waals surface area contributed by atoms with Crippen molar-refractivity contribution in [2.75, 3.05) is 13.2 Å². The molecule has 0 amide bonds. The predicted octanol–water partition coefficient (Wildman–Crippen LogP) is 2.44. The van der Waals surface area contributed by atoms with E-state index in [2.05, 4.69) is 15.0 Å². The first-order chi connectivity index (χ1) is 11.0. The lowest BCUT2D eigenvalue weighted by molar-refractivity contribution is -0.274. The van der Waals surface area contributed by atoms with Gasteiger partial charge in [0.2, 0.25) is 0 Å². The molecule has 0 bridgehead atoms. The van der Waals surface area contributed by atoms with Gasteiger partial charge in [0.05, 0.1) is 0 Å². The number of aliphatic imine (C=N–C) groups is 1. The molecule has 1 atom stereocenters. The van der Waals surface area contributed by atoms with Crippen molar-refractivity contribution in [1.29, 1.82) is 0 Å². The molecule has 0 aliphatic carbocycles. The van der Waals surface area contributed by atoms with Gasteiger partial charge < -0.3 is 20.9 Å². The lowest BCUT2D eigenvalue weighted by atomic mass is 10.0. The minimum Gasteiger partial charge on any atom is -0.406 e. The fraction of sp³-hybridized carbons (Fsp3) is 0.562. The van der Waals surface area contributed by atoms with Crippen LogP contribution in [-0.4, -0.2) is 36.1 Å². The second-order valence-corrected chi connectivity index (χ2v) is 6.55. The van der Waals surface area contributed by atoms with Gasteiger partial charge in [-0.3, -0.25) is 4.99 Å². The summed E-state index contributed by atoms with van der Waals surface area (Å²) in [5.41, 5.74) is 6.34. The van der Waals surface area contributed by atoms with Gasteiger partial charge in [-0.2, -0.15) is 0 Å². The van der Waals surface area contributed by atoms with Crippen LogP contribution in [0.25, 0.3) is 0 Å². The lowest BCUT2D eigenvalue weighted by Gasteiger charge is -2.21. The van der Waals surface area contributed by atoms with E-state index in [1.807, 2.05) is 20.8 Å². The Morgan fingerprint density at radius 2 is 1.83 bits per heavy atom. The Bertz CT molecular complexity index is 537. The number of rotatable bonds is 6. The fourth-order valence-corrected chi connectivity index (χ4v) is 2.00. The number of nitrogens with zero attached hydrogens (tertiary/aromatic N) is 1. The molecule has 0 aliphatic heterocycles. The molecule has 0 fully saturated rings. The molecule has 0 saturated heterocycles. The van der Waals surface area contributed by atoms with E-state index < -0.39 is 6.36 Å². The van der Waals surface area contributed by atoms with E-state index in [4.69, 9.17) is 5.73 Å².